The Kier molecular flexibility index (Phi) is 5.47. The topological polar surface area (TPSA) is 55.6 Å². The molecule has 29 heavy (non-hydrogen) atoms. The molecule has 1 aliphatic heterocycles. The lowest BCUT2D eigenvalue weighted by Crippen LogP contribution is -2.34. The van der Waals surface area contributed by atoms with E-state index in [9.17, 15) is 4.79 Å². The highest BCUT2D eigenvalue weighted by molar-refractivity contribution is 5.95. The quantitative estimate of drug-likeness (QED) is 0.630. The van der Waals surface area contributed by atoms with E-state index in [2.05, 4.69) is 23.4 Å². The molecule has 0 radical (unpaired) electrons. The van der Waals surface area contributed by atoms with Crippen molar-refractivity contribution in [2.24, 2.45) is 0 Å². The zero-order chi connectivity index (χ0) is 20.2. The first kappa shape index (κ1) is 19.0. The van der Waals surface area contributed by atoms with E-state index in [-0.39, 0.29) is 5.91 Å². The van der Waals surface area contributed by atoms with Gasteiger partial charge in [-0.3, -0.25) is 4.79 Å². The van der Waals surface area contributed by atoms with Crippen LogP contribution < -0.4 is 4.74 Å². The third-order valence-electron chi connectivity index (χ3n) is 5.29. The Labute approximate surface area is 170 Å². The molecule has 4 rings (SSSR count). The summed E-state index contributed by atoms with van der Waals surface area (Å²) in [4.78, 5) is 14.8. The van der Waals surface area contributed by atoms with E-state index in [1.807, 2.05) is 55.1 Å². The zero-order valence-electron chi connectivity index (χ0n) is 16.7. The van der Waals surface area contributed by atoms with Crippen molar-refractivity contribution >= 4 is 11.5 Å². The number of benzene rings is 2. The average Bonchev–Trinajstić information content (AvgIpc) is 3.10. The highest BCUT2D eigenvalue weighted by Gasteiger charge is 2.20. The molecule has 2 heterocycles. The fourth-order valence-corrected chi connectivity index (χ4v) is 3.53. The number of carbonyl (C=O) groups is 1. The van der Waals surface area contributed by atoms with Crippen molar-refractivity contribution in [1.29, 1.82) is 0 Å². The molecule has 0 atom stereocenters. The predicted octanol–water partition coefficient (Wildman–Crippen LogP) is 4.80. The number of ether oxygens (including phenoxy) is 1. The molecule has 0 saturated heterocycles. The van der Waals surface area contributed by atoms with Crippen LogP contribution in [0, 0.1) is 13.8 Å². The van der Waals surface area contributed by atoms with Gasteiger partial charge in [-0.1, -0.05) is 47.6 Å². The van der Waals surface area contributed by atoms with Crippen LogP contribution in [0.5, 0.6) is 5.75 Å². The minimum atomic E-state index is 0.0242. The van der Waals surface area contributed by atoms with Crippen LogP contribution in [-0.4, -0.2) is 29.1 Å². The summed E-state index contributed by atoms with van der Waals surface area (Å²) in [5.74, 6) is 1.44. The van der Waals surface area contributed by atoms with Gasteiger partial charge in [0.05, 0.1) is 11.3 Å². The molecule has 148 valence electrons. The van der Waals surface area contributed by atoms with Crippen molar-refractivity contribution in [3.05, 3.63) is 88.8 Å². The van der Waals surface area contributed by atoms with Crippen molar-refractivity contribution in [3.63, 3.8) is 0 Å². The van der Waals surface area contributed by atoms with Crippen molar-refractivity contribution < 1.29 is 14.1 Å². The van der Waals surface area contributed by atoms with Crippen molar-refractivity contribution in [3.8, 4) is 5.75 Å². The van der Waals surface area contributed by atoms with Gasteiger partial charge in [0.2, 0.25) is 0 Å². The van der Waals surface area contributed by atoms with Crippen LogP contribution in [0.2, 0.25) is 0 Å². The van der Waals surface area contributed by atoms with Gasteiger partial charge >= 0.3 is 0 Å². The average molecular weight is 388 g/mol. The molecule has 1 aromatic heterocycles. The summed E-state index contributed by atoms with van der Waals surface area (Å²) in [7, 11) is 0. The lowest BCUT2D eigenvalue weighted by Gasteiger charge is -2.27. The van der Waals surface area contributed by atoms with Gasteiger partial charge in [0.1, 0.15) is 18.1 Å². The smallest absolute Gasteiger partial charge is 0.254 e. The predicted molar refractivity (Wildman–Crippen MR) is 112 cm³/mol. The fourth-order valence-electron chi connectivity index (χ4n) is 3.53. The third-order valence-corrected chi connectivity index (χ3v) is 5.29. The summed E-state index contributed by atoms with van der Waals surface area (Å²) in [5.41, 5.74) is 4.93. The van der Waals surface area contributed by atoms with Gasteiger partial charge in [-0.15, -0.1) is 0 Å². The Morgan fingerprint density at radius 1 is 1.14 bits per heavy atom. The molecule has 0 saturated carbocycles. The van der Waals surface area contributed by atoms with Crippen LogP contribution >= 0.6 is 0 Å². The molecular weight excluding hydrogens is 364 g/mol. The summed E-state index contributed by atoms with van der Waals surface area (Å²) in [5, 5.41) is 3.94. The Balaban J connectivity index is 1.42. The van der Waals surface area contributed by atoms with E-state index in [0.29, 0.717) is 31.0 Å². The van der Waals surface area contributed by atoms with Crippen molar-refractivity contribution in [1.82, 2.24) is 10.1 Å². The number of hydrogen-bond donors (Lipinski definition) is 0. The van der Waals surface area contributed by atoms with Crippen molar-refractivity contribution in [2.75, 3.05) is 13.1 Å². The summed E-state index contributed by atoms with van der Waals surface area (Å²) < 4.78 is 11.1. The first-order valence-corrected chi connectivity index (χ1v) is 9.80. The van der Waals surface area contributed by atoms with Gasteiger partial charge in [-0.25, -0.2) is 0 Å². The Bertz CT molecular complexity index is 1020. The van der Waals surface area contributed by atoms with Gasteiger partial charge in [0.25, 0.3) is 5.91 Å². The fraction of sp³-hybridized carbons (Fsp3) is 0.250. The SMILES string of the molecule is Cc1noc(C)c1COc1cccc(C(=O)N2CC=C(c3ccccc3)CC2)c1. The molecule has 3 aromatic rings. The Morgan fingerprint density at radius 3 is 2.66 bits per heavy atom. The lowest BCUT2D eigenvalue weighted by molar-refractivity contribution is 0.0772. The van der Waals surface area contributed by atoms with E-state index in [0.717, 1.165) is 23.4 Å². The van der Waals surface area contributed by atoms with Gasteiger partial charge in [0.15, 0.2) is 0 Å². The maximum Gasteiger partial charge on any atom is 0.254 e. The zero-order valence-corrected chi connectivity index (χ0v) is 16.7. The summed E-state index contributed by atoms with van der Waals surface area (Å²) in [6.07, 6.45) is 3.01. The number of amides is 1. The number of hydrogen-bond acceptors (Lipinski definition) is 4. The number of carbonyl (C=O) groups excluding carboxylic acids is 1. The van der Waals surface area contributed by atoms with E-state index in [1.54, 1.807) is 6.07 Å². The van der Waals surface area contributed by atoms with E-state index in [1.165, 1.54) is 11.1 Å². The molecule has 5 nitrogen and oxygen atoms in total. The van der Waals surface area contributed by atoms with Crippen LogP contribution in [0.25, 0.3) is 5.57 Å². The normalized spacial score (nSPS) is 13.9. The molecule has 0 bridgehead atoms. The Hall–Kier alpha value is -3.34. The van der Waals surface area contributed by atoms with Gasteiger partial charge in [0, 0.05) is 18.7 Å². The Morgan fingerprint density at radius 2 is 1.97 bits per heavy atom. The summed E-state index contributed by atoms with van der Waals surface area (Å²) >= 11 is 0. The van der Waals surface area contributed by atoms with E-state index in [4.69, 9.17) is 9.26 Å². The molecule has 2 aromatic carbocycles. The van der Waals surface area contributed by atoms with Crippen LogP contribution in [-0.2, 0) is 6.61 Å². The molecule has 0 spiro atoms. The summed E-state index contributed by atoms with van der Waals surface area (Å²) in [6, 6.07) is 17.7. The van der Waals surface area contributed by atoms with Crippen LogP contribution in [0.3, 0.4) is 0 Å². The lowest BCUT2D eigenvalue weighted by atomic mass is 9.99. The maximum atomic E-state index is 13.0. The largest absolute Gasteiger partial charge is 0.489 e. The molecule has 1 amide bonds. The van der Waals surface area contributed by atoms with Crippen LogP contribution in [0.15, 0.2) is 65.2 Å². The van der Waals surface area contributed by atoms with Crippen molar-refractivity contribution in [2.45, 2.75) is 26.9 Å². The molecule has 0 unspecified atom stereocenters. The van der Waals surface area contributed by atoms with Gasteiger partial charge < -0.3 is 14.2 Å². The highest BCUT2D eigenvalue weighted by atomic mass is 16.5. The summed E-state index contributed by atoms with van der Waals surface area (Å²) in [6.45, 7) is 5.46. The van der Waals surface area contributed by atoms with Crippen LogP contribution in [0.4, 0.5) is 0 Å². The third kappa shape index (κ3) is 4.24. The number of nitrogens with zero attached hydrogens (tertiary/aromatic N) is 2. The van der Waals surface area contributed by atoms with E-state index < -0.39 is 0 Å². The second-order valence-corrected chi connectivity index (χ2v) is 7.22. The minimum absolute atomic E-state index is 0.0242. The monoisotopic (exact) mass is 388 g/mol. The molecular formula is C24H24N2O3. The van der Waals surface area contributed by atoms with Crippen LogP contribution in [0.1, 0.15) is 39.4 Å². The standard InChI is InChI=1S/C24H24N2O3/c1-17-23(18(2)29-25-17)16-28-22-10-6-9-21(15-22)24(27)26-13-11-20(12-14-26)19-7-4-3-5-8-19/h3-11,15H,12-14,16H2,1-2H3. The number of aromatic nitrogens is 1. The van der Waals surface area contributed by atoms with E-state index >= 15 is 0 Å². The van der Waals surface area contributed by atoms with Gasteiger partial charge in [-0.05, 0) is 49.6 Å². The molecule has 5 heteroatoms. The van der Waals surface area contributed by atoms with Gasteiger partial charge in [-0.2, -0.15) is 0 Å². The number of aryl methyl sites for hydroxylation is 2. The molecule has 0 aliphatic carbocycles. The maximum absolute atomic E-state index is 13.0. The molecule has 1 aliphatic rings. The first-order valence-electron chi connectivity index (χ1n) is 9.80. The first-order chi connectivity index (χ1) is 14.1. The second kappa shape index (κ2) is 8.35. The minimum Gasteiger partial charge on any atom is -0.489 e. The number of rotatable bonds is 5. The highest BCUT2D eigenvalue weighted by Crippen LogP contribution is 2.24. The second-order valence-electron chi connectivity index (χ2n) is 7.22. The molecule has 0 N–H and O–H groups in total. The molecule has 0 fully saturated rings.